The highest BCUT2D eigenvalue weighted by Crippen LogP contribution is 2.22. The maximum absolute atomic E-state index is 4.59. The van der Waals surface area contributed by atoms with Crippen molar-refractivity contribution >= 4 is 17.5 Å². The molecule has 3 aromatic rings. The van der Waals surface area contributed by atoms with Gasteiger partial charge in [0.25, 0.3) is 5.95 Å². The SMILES string of the molecule is CCN(c1cccc(C)c1)c1nncc(NCc2cccnc2)n1. The number of aromatic nitrogens is 4. The van der Waals surface area contributed by atoms with Gasteiger partial charge in [-0.15, -0.1) is 5.10 Å². The molecule has 1 N–H and O–H groups in total. The molecule has 0 aliphatic heterocycles. The lowest BCUT2D eigenvalue weighted by Gasteiger charge is -2.21. The first-order valence-corrected chi connectivity index (χ1v) is 7.93. The van der Waals surface area contributed by atoms with Crippen molar-refractivity contribution in [2.45, 2.75) is 20.4 Å². The lowest BCUT2D eigenvalue weighted by Crippen LogP contribution is -2.20. The van der Waals surface area contributed by atoms with Crippen LogP contribution in [-0.2, 0) is 6.54 Å². The van der Waals surface area contributed by atoms with Gasteiger partial charge in [0.15, 0.2) is 5.82 Å². The first kappa shape index (κ1) is 15.9. The number of hydrogen-bond acceptors (Lipinski definition) is 6. The summed E-state index contributed by atoms with van der Waals surface area (Å²) in [6.45, 7) is 5.55. The molecule has 2 aromatic heterocycles. The van der Waals surface area contributed by atoms with Gasteiger partial charge in [0, 0.05) is 31.2 Å². The summed E-state index contributed by atoms with van der Waals surface area (Å²) < 4.78 is 0. The van der Waals surface area contributed by atoms with E-state index < -0.39 is 0 Å². The topological polar surface area (TPSA) is 66.8 Å². The summed E-state index contributed by atoms with van der Waals surface area (Å²) in [5, 5.41) is 11.5. The Bertz CT molecular complexity index is 790. The average molecular weight is 320 g/mol. The summed E-state index contributed by atoms with van der Waals surface area (Å²) >= 11 is 0. The van der Waals surface area contributed by atoms with E-state index in [0.29, 0.717) is 18.3 Å². The second-order valence-corrected chi connectivity index (χ2v) is 5.44. The molecule has 0 spiro atoms. The molecule has 0 radical (unpaired) electrons. The van der Waals surface area contributed by atoms with Gasteiger partial charge in [-0.25, -0.2) is 0 Å². The molecule has 0 fully saturated rings. The number of rotatable bonds is 6. The molecule has 1 aromatic carbocycles. The Hall–Kier alpha value is -3.02. The second kappa shape index (κ2) is 7.50. The van der Waals surface area contributed by atoms with Crippen LogP contribution < -0.4 is 10.2 Å². The lowest BCUT2D eigenvalue weighted by atomic mass is 10.2. The average Bonchev–Trinajstić information content (AvgIpc) is 2.62. The highest BCUT2D eigenvalue weighted by Gasteiger charge is 2.11. The summed E-state index contributed by atoms with van der Waals surface area (Å²) in [7, 11) is 0. The van der Waals surface area contributed by atoms with Crippen molar-refractivity contribution in [2.24, 2.45) is 0 Å². The zero-order chi connectivity index (χ0) is 16.8. The van der Waals surface area contributed by atoms with E-state index in [0.717, 1.165) is 17.8 Å². The molecular weight excluding hydrogens is 300 g/mol. The number of anilines is 3. The van der Waals surface area contributed by atoms with Crippen molar-refractivity contribution < 1.29 is 0 Å². The molecule has 0 saturated carbocycles. The van der Waals surface area contributed by atoms with Gasteiger partial charge in [-0.2, -0.15) is 10.1 Å². The minimum absolute atomic E-state index is 0.583. The van der Waals surface area contributed by atoms with Gasteiger partial charge in [-0.1, -0.05) is 18.2 Å². The highest BCUT2D eigenvalue weighted by molar-refractivity contribution is 5.58. The van der Waals surface area contributed by atoms with Crippen molar-refractivity contribution in [1.29, 1.82) is 0 Å². The zero-order valence-corrected chi connectivity index (χ0v) is 13.8. The Morgan fingerprint density at radius 1 is 1.12 bits per heavy atom. The van der Waals surface area contributed by atoms with Gasteiger partial charge in [0.05, 0.1) is 6.20 Å². The smallest absolute Gasteiger partial charge is 0.251 e. The van der Waals surface area contributed by atoms with Crippen LogP contribution in [0, 0.1) is 6.92 Å². The van der Waals surface area contributed by atoms with E-state index >= 15 is 0 Å². The fourth-order valence-corrected chi connectivity index (χ4v) is 2.42. The first-order chi connectivity index (χ1) is 11.8. The van der Waals surface area contributed by atoms with Crippen LogP contribution in [0.15, 0.2) is 55.0 Å². The van der Waals surface area contributed by atoms with E-state index in [1.54, 1.807) is 12.4 Å². The molecule has 0 atom stereocenters. The molecule has 24 heavy (non-hydrogen) atoms. The summed E-state index contributed by atoms with van der Waals surface area (Å²) in [5.41, 5.74) is 3.34. The van der Waals surface area contributed by atoms with Crippen molar-refractivity contribution in [2.75, 3.05) is 16.8 Å². The summed E-state index contributed by atoms with van der Waals surface area (Å²) in [6.07, 6.45) is 5.21. The fourth-order valence-electron chi connectivity index (χ4n) is 2.42. The molecule has 122 valence electrons. The standard InChI is InChI=1S/C18H20N6/c1-3-24(16-8-4-6-14(2)10-16)18-22-17(13-21-23-18)20-12-15-7-5-9-19-11-15/h4-11,13H,3,12H2,1-2H3,(H,20,22,23). The molecule has 0 bridgehead atoms. The monoisotopic (exact) mass is 320 g/mol. The number of benzene rings is 1. The van der Waals surface area contributed by atoms with Gasteiger partial charge in [0.1, 0.15) is 0 Å². The van der Waals surface area contributed by atoms with Crippen molar-refractivity contribution in [3.8, 4) is 0 Å². The molecular formula is C18H20N6. The molecule has 0 unspecified atom stereocenters. The van der Waals surface area contributed by atoms with Crippen molar-refractivity contribution in [3.63, 3.8) is 0 Å². The number of hydrogen-bond donors (Lipinski definition) is 1. The Morgan fingerprint density at radius 2 is 2.04 bits per heavy atom. The predicted molar refractivity (Wildman–Crippen MR) is 95.2 cm³/mol. The van der Waals surface area contributed by atoms with E-state index in [1.807, 2.05) is 29.3 Å². The normalized spacial score (nSPS) is 10.4. The van der Waals surface area contributed by atoms with Crippen LogP contribution in [0.3, 0.4) is 0 Å². The third kappa shape index (κ3) is 3.84. The van der Waals surface area contributed by atoms with E-state index in [9.17, 15) is 0 Å². The highest BCUT2D eigenvalue weighted by atomic mass is 15.3. The minimum atomic E-state index is 0.583. The van der Waals surface area contributed by atoms with Crippen LogP contribution in [-0.4, -0.2) is 26.7 Å². The maximum atomic E-state index is 4.59. The molecule has 0 aliphatic carbocycles. The van der Waals surface area contributed by atoms with E-state index in [-0.39, 0.29) is 0 Å². The Labute approximate surface area is 141 Å². The lowest BCUT2D eigenvalue weighted by molar-refractivity contribution is 0.880. The summed E-state index contributed by atoms with van der Waals surface area (Å²) in [6, 6.07) is 12.2. The van der Waals surface area contributed by atoms with Gasteiger partial charge in [-0.05, 0) is 43.2 Å². The number of nitrogens with one attached hydrogen (secondary N) is 1. The van der Waals surface area contributed by atoms with Crippen LogP contribution in [0.4, 0.5) is 17.5 Å². The molecule has 2 heterocycles. The number of nitrogens with zero attached hydrogens (tertiary/aromatic N) is 5. The maximum Gasteiger partial charge on any atom is 0.251 e. The molecule has 3 rings (SSSR count). The molecule has 6 heteroatoms. The van der Waals surface area contributed by atoms with E-state index in [2.05, 4.69) is 57.5 Å². The van der Waals surface area contributed by atoms with Crippen LogP contribution in [0.5, 0.6) is 0 Å². The predicted octanol–water partition coefficient (Wildman–Crippen LogP) is 3.35. The van der Waals surface area contributed by atoms with Crippen molar-refractivity contribution in [3.05, 3.63) is 66.1 Å². The van der Waals surface area contributed by atoms with Crippen LogP contribution in [0.25, 0.3) is 0 Å². The van der Waals surface area contributed by atoms with Gasteiger partial charge in [-0.3, -0.25) is 4.98 Å². The van der Waals surface area contributed by atoms with Gasteiger partial charge in [0.2, 0.25) is 0 Å². The number of aryl methyl sites for hydroxylation is 1. The van der Waals surface area contributed by atoms with E-state index in [1.165, 1.54) is 5.56 Å². The molecule has 0 saturated heterocycles. The van der Waals surface area contributed by atoms with Crippen LogP contribution >= 0.6 is 0 Å². The molecule has 0 amide bonds. The zero-order valence-electron chi connectivity index (χ0n) is 13.8. The number of pyridine rings is 1. The Kier molecular flexibility index (Phi) is 4.96. The molecule has 6 nitrogen and oxygen atoms in total. The van der Waals surface area contributed by atoms with E-state index in [4.69, 9.17) is 0 Å². The Morgan fingerprint density at radius 3 is 2.79 bits per heavy atom. The van der Waals surface area contributed by atoms with Gasteiger partial charge >= 0.3 is 0 Å². The Balaban J connectivity index is 1.78. The third-order valence-electron chi connectivity index (χ3n) is 3.62. The van der Waals surface area contributed by atoms with Crippen molar-refractivity contribution in [1.82, 2.24) is 20.2 Å². The third-order valence-corrected chi connectivity index (χ3v) is 3.62. The second-order valence-electron chi connectivity index (χ2n) is 5.44. The minimum Gasteiger partial charge on any atom is -0.364 e. The van der Waals surface area contributed by atoms with Gasteiger partial charge < -0.3 is 10.2 Å². The quantitative estimate of drug-likeness (QED) is 0.751. The first-order valence-electron chi connectivity index (χ1n) is 7.93. The van der Waals surface area contributed by atoms with Crippen LogP contribution in [0.2, 0.25) is 0 Å². The van der Waals surface area contributed by atoms with Crippen LogP contribution in [0.1, 0.15) is 18.1 Å². The fraction of sp³-hybridized carbons (Fsp3) is 0.222. The largest absolute Gasteiger partial charge is 0.364 e. The summed E-state index contributed by atoms with van der Waals surface area (Å²) in [5.74, 6) is 1.27. The molecule has 0 aliphatic rings. The summed E-state index contributed by atoms with van der Waals surface area (Å²) in [4.78, 5) is 10.7.